The van der Waals surface area contributed by atoms with Crippen LogP contribution in [-0.4, -0.2) is 47.5 Å². The number of nitrogens with zero attached hydrogens (tertiary/aromatic N) is 4. The molecule has 7 heteroatoms. The van der Waals surface area contributed by atoms with Gasteiger partial charge in [-0.15, -0.1) is 0 Å². The smallest absolute Gasteiger partial charge is 0.246 e. The summed E-state index contributed by atoms with van der Waals surface area (Å²) in [7, 11) is -1.47. The number of sulfonamides is 1. The van der Waals surface area contributed by atoms with Gasteiger partial charge in [-0.3, -0.25) is 9.58 Å². The Balaban J connectivity index is 1.78. The van der Waals surface area contributed by atoms with Crippen LogP contribution in [0.3, 0.4) is 0 Å². The molecule has 3 rings (SSSR count). The summed E-state index contributed by atoms with van der Waals surface area (Å²) in [6, 6.07) is 10.2. The van der Waals surface area contributed by atoms with Crippen LogP contribution in [0.1, 0.15) is 36.7 Å². The van der Waals surface area contributed by atoms with Gasteiger partial charge in [0.05, 0.1) is 18.1 Å². The van der Waals surface area contributed by atoms with Crippen molar-refractivity contribution in [3.8, 4) is 0 Å². The Bertz CT molecular complexity index is 869. The Kier molecular flexibility index (Phi) is 6.03. The first kappa shape index (κ1) is 20.0. The Labute approximate surface area is 162 Å². The van der Waals surface area contributed by atoms with E-state index in [0.29, 0.717) is 42.0 Å². The van der Waals surface area contributed by atoms with Crippen molar-refractivity contribution < 1.29 is 8.42 Å². The Hall–Kier alpha value is -1.70. The molecule has 1 aromatic carbocycles. The van der Waals surface area contributed by atoms with E-state index in [1.165, 1.54) is 5.56 Å². The van der Waals surface area contributed by atoms with E-state index in [1.54, 1.807) is 15.9 Å². The van der Waals surface area contributed by atoms with Crippen molar-refractivity contribution in [3.05, 3.63) is 47.3 Å². The van der Waals surface area contributed by atoms with E-state index in [0.717, 1.165) is 19.4 Å². The monoisotopic (exact) mass is 390 g/mol. The van der Waals surface area contributed by atoms with E-state index in [2.05, 4.69) is 29.1 Å². The first-order valence-electron chi connectivity index (χ1n) is 9.55. The van der Waals surface area contributed by atoms with Crippen LogP contribution in [0.2, 0.25) is 0 Å². The van der Waals surface area contributed by atoms with Gasteiger partial charge in [0.2, 0.25) is 10.0 Å². The maximum Gasteiger partial charge on any atom is 0.246 e. The lowest BCUT2D eigenvalue weighted by atomic mass is 10.0. The van der Waals surface area contributed by atoms with Gasteiger partial charge in [0.1, 0.15) is 4.90 Å². The Morgan fingerprint density at radius 3 is 2.41 bits per heavy atom. The third-order valence-electron chi connectivity index (χ3n) is 5.33. The molecule has 0 unspecified atom stereocenters. The zero-order valence-electron chi connectivity index (χ0n) is 16.7. The van der Waals surface area contributed by atoms with Gasteiger partial charge in [-0.1, -0.05) is 37.3 Å². The van der Waals surface area contributed by atoms with Gasteiger partial charge in [0.25, 0.3) is 0 Å². The second kappa shape index (κ2) is 8.12. The number of rotatable bonds is 6. The molecule has 6 nitrogen and oxygen atoms in total. The molecule has 0 bridgehead atoms. The molecule has 2 aromatic rings. The SMILES string of the molecule is Cc1nn(CN(C)Cc2ccccc2)c(C)c1S(=O)(=O)N1CCC(C)CC1. The molecule has 1 aromatic heterocycles. The normalized spacial score (nSPS) is 16.9. The molecular formula is C20H30N4O2S. The summed E-state index contributed by atoms with van der Waals surface area (Å²) >= 11 is 0. The number of aromatic nitrogens is 2. The van der Waals surface area contributed by atoms with Crippen molar-refractivity contribution in [1.29, 1.82) is 0 Å². The predicted molar refractivity (Wildman–Crippen MR) is 107 cm³/mol. The van der Waals surface area contributed by atoms with Crippen molar-refractivity contribution in [2.45, 2.75) is 51.7 Å². The van der Waals surface area contributed by atoms with Crippen LogP contribution in [0.4, 0.5) is 0 Å². The fraction of sp³-hybridized carbons (Fsp3) is 0.550. The highest BCUT2D eigenvalue weighted by Gasteiger charge is 2.33. The maximum absolute atomic E-state index is 13.2. The number of hydrogen-bond donors (Lipinski definition) is 0. The van der Waals surface area contributed by atoms with E-state index in [9.17, 15) is 8.42 Å². The van der Waals surface area contributed by atoms with E-state index < -0.39 is 10.0 Å². The molecule has 0 radical (unpaired) electrons. The fourth-order valence-corrected chi connectivity index (χ4v) is 5.56. The van der Waals surface area contributed by atoms with Crippen molar-refractivity contribution in [2.75, 3.05) is 20.1 Å². The van der Waals surface area contributed by atoms with E-state index in [-0.39, 0.29) is 0 Å². The molecule has 148 valence electrons. The maximum atomic E-state index is 13.2. The van der Waals surface area contributed by atoms with Crippen LogP contribution in [-0.2, 0) is 23.2 Å². The zero-order valence-corrected chi connectivity index (χ0v) is 17.5. The van der Waals surface area contributed by atoms with Crippen LogP contribution >= 0.6 is 0 Å². The van der Waals surface area contributed by atoms with Crippen LogP contribution in [0.5, 0.6) is 0 Å². The lowest BCUT2D eigenvalue weighted by Gasteiger charge is -2.29. The summed E-state index contributed by atoms with van der Waals surface area (Å²) in [5.41, 5.74) is 2.52. The number of aryl methyl sites for hydroxylation is 1. The van der Waals surface area contributed by atoms with Crippen LogP contribution < -0.4 is 0 Å². The Morgan fingerprint density at radius 1 is 1.15 bits per heavy atom. The topological polar surface area (TPSA) is 58.4 Å². The minimum atomic E-state index is -3.49. The van der Waals surface area contributed by atoms with Crippen molar-refractivity contribution in [2.24, 2.45) is 5.92 Å². The molecule has 2 heterocycles. The highest BCUT2D eigenvalue weighted by molar-refractivity contribution is 7.89. The third-order valence-corrected chi connectivity index (χ3v) is 7.48. The van der Waals surface area contributed by atoms with Gasteiger partial charge in [-0.25, -0.2) is 8.42 Å². The molecule has 0 N–H and O–H groups in total. The second-order valence-corrected chi connectivity index (χ2v) is 9.60. The standard InChI is InChI=1S/C20H30N4O2S/c1-16-10-12-23(13-11-16)27(25,26)20-17(2)21-24(18(20)3)15-22(4)14-19-8-6-5-7-9-19/h5-9,16H,10-15H2,1-4H3. The molecule has 0 atom stereocenters. The van der Waals surface area contributed by atoms with Gasteiger partial charge >= 0.3 is 0 Å². The highest BCUT2D eigenvalue weighted by Crippen LogP contribution is 2.27. The molecule has 1 saturated heterocycles. The van der Waals surface area contributed by atoms with Crippen molar-refractivity contribution >= 4 is 10.0 Å². The number of hydrogen-bond acceptors (Lipinski definition) is 4. The summed E-state index contributed by atoms with van der Waals surface area (Å²) < 4.78 is 29.8. The van der Waals surface area contributed by atoms with Crippen LogP contribution in [0, 0.1) is 19.8 Å². The quantitative estimate of drug-likeness (QED) is 0.761. The summed E-state index contributed by atoms with van der Waals surface area (Å²) in [6.45, 7) is 8.36. The molecular weight excluding hydrogens is 360 g/mol. The van der Waals surface area contributed by atoms with Gasteiger partial charge in [-0.05, 0) is 45.2 Å². The molecule has 0 saturated carbocycles. The zero-order chi connectivity index (χ0) is 19.6. The average Bonchev–Trinajstić information content (AvgIpc) is 2.90. The summed E-state index contributed by atoms with van der Waals surface area (Å²) in [5, 5.41) is 4.54. The predicted octanol–water partition coefficient (Wildman–Crippen LogP) is 3.01. The molecule has 0 amide bonds. The minimum Gasteiger partial charge on any atom is -0.283 e. The fourth-order valence-electron chi connectivity index (χ4n) is 3.72. The summed E-state index contributed by atoms with van der Waals surface area (Å²) in [6.07, 6.45) is 1.84. The van der Waals surface area contributed by atoms with Gasteiger partial charge in [0.15, 0.2) is 0 Å². The summed E-state index contributed by atoms with van der Waals surface area (Å²) in [5.74, 6) is 0.591. The third kappa shape index (κ3) is 4.42. The van der Waals surface area contributed by atoms with Gasteiger partial charge < -0.3 is 0 Å². The lowest BCUT2D eigenvalue weighted by molar-refractivity contribution is 0.243. The minimum absolute atomic E-state index is 0.380. The first-order valence-corrected chi connectivity index (χ1v) is 11.0. The molecule has 27 heavy (non-hydrogen) atoms. The van der Waals surface area contributed by atoms with Crippen molar-refractivity contribution in [1.82, 2.24) is 19.0 Å². The van der Waals surface area contributed by atoms with E-state index in [4.69, 9.17) is 0 Å². The molecule has 1 aliphatic heterocycles. The van der Waals surface area contributed by atoms with Crippen LogP contribution in [0.25, 0.3) is 0 Å². The molecule has 1 aliphatic rings. The highest BCUT2D eigenvalue weighted by atomic mass is 32.2. The Morgan fingerprint density at radius 2 is 1.78 bits per heavy atom. The van der Waals surface area contributed by atoms with E-state index in [1.807, 2.05) is 32.2 Å². The van der Waals surface area contributed by atoms with Gasteiger partial charge in [0, 0.05) is 19.6 Å². The summed E-state index contributed by atoms with van der Waals surface area (Å²) in [4.78, 5) is 2.51. The van der Waals surface area contributed by atoms with E-state index >= 15 is 0 Å². The van der Waals surface area contributed by atoms with Crippen LogP contribution in [0.15, 0.2) is 35.2 Å². The largest absolute Gasteiger partial charge is 0.283 e. The second-order valence-electron chi connectivity index (χ2n) is 7.73. The van der Waals surface area contributed by atoms with Gasteiger partial charge in [-0.2, -0.15) is 9.40 Å². The van der Waals surface area contributed by atoms with Crippen molar-refractivity contribution in [3.63, 3.8) is 0 Å². The lowest BCUT2D eigenvalue weighted by Crippen LogP contribution is -2.38. The number of piperidine rings is 1. The molecule has 0 aliphatic carbocycles. The first-order chi connectivity index (χ1) is 12.8. The number of benzene rings is 1. The molecule has 0 spiro atoms. The molecule has 1 fully saturated rings. The average molecular weight is 391 g/mol.